The Balaban J connectivity index is 0.000000363. The van der Waals surface area contributed by atoms with E-state index in [0.717, 1.165) is 16.7 Å². The average molecular weight is 390 g/mol. The molecule has 0 saturated carbocycles. The summed E-state index contributed by atoms with van der Waals surface area (Å²) in [5, 5.41) is 7.62. The Hall–Kier alpha value is -2.41. The number of hydrogen-bond donors (Lipinski definition) is 1. The van der Waals surface area contributed by atoms with E-state index >= 15 is 0 Å². The number of likely N-dealkylation sites (tertiary alicyclic amines) is 1. The molecule has 1 aliphatic heterocycles. The predicted octanol–water partition coefficient (Wildman–Crippen LogP) is 2.80. The number of nitrogens with zero attached hydrogens (tertiary/aromatic N) is 4. The summed E-state index contributed by atoms with van der Waals surface area (Å²) in [6, 6.07) is 7.92. The number of aryl methyl sites for hydroxylation is 1. The van der Waals surface area contributed by atoms with Crippen LogP contribution in [0.15, 0.2) is 24.3 Å². The van der Waals surface area contributed by atoms with Crippen molar-refractivity contribution in [2.45, 2.75) is 39.5 Å². The minimum atomic E-state index is -0.290. The first-order valence-electron chi connectivity index (χ1n) is 10.1. The summed E-state index contributed by atoms with van der Waals surface area (Å²) in [6.07, 6.45) is 4.93. The summed E-state index contributed by atoms with van der Waals surface area (Å²) >= 11 is 0. The van der Waals surface area contributed by atoms with E-state index in [1.807, 2.05) is 61.8 Å². The van der Waals surface area contributed by atoms with Crippen LogP contribution < -0.4 is 10.2 Å². The van der Waals surface area contributed by atoms with Crippen LogP contribution in [0.2, 0.25) is 0 Å². The van der Waals surface area contributed by atoms with E-state index in [-0.39, 0.29) is 12.3 Å². The smallest absolute Gasteiger partial charge is 0.228 e. The van der Waals surface area contributed by atoms with Gasteiger partial charge in [-0.1, -0.05) is 32.4 Å². The molecule has 3 rings (SSSR count). The molecule has 1 fully saturated rings. The van der Waals surface area contributed by atoms with Crippen LogP contribution in [0.3, 0.4) is 0 Å². The van der Waals surface area contributed by atoms with Crippen LogP contribution in [0.25, 0.3) is 10.9 Å². The number of rotatable bonds is 5. The van der Waals surface area contributed by atoms with Gasteiger partial charge in [-0.2, -0.15) is 5.10 Å². The number of imide groups is 1. The number of hydrogen-bond acceptors (Lipinski definition) is 5. The second kappa shape index (κ2) is 12.9. The van der Waals surface area contributed by atoms with Gasteiger partial charge in [0.05, 0.1) is 5.52 Å². The van der Waals surface area contributed by atoms with Gasteiger partial charge in [-0.25, -0.2) is 0 Å². The summed E-state index contributed by atoms with van der Waals surface area (Å²) in [7, 11) is 5.96. The Bertz CT molecular complexity index is 723. The molecule has 1 aromatic heterocycles. The quantitative estimate of drug-likeness (QED) is 0.797. The number of nitrogens with one attached hydrogen (secondary N) is 1. The lowest BCUT2D eigenvalue weighted by molar-refractivity contribution is -0.125. The molecule has 1 aliphatic rings. The minimum Gasteiger partial charge on any atom is -0.357 e. The fraction of sp³-hybridized carbons (Fsp3) is 0.571. The highest BCUT2D eigenvalue weighted by Gasteiger charge is 2.12. The molecule has 156 valence electrons. The van der Waals surface area contributed by atoms with E-state index in [0.29, 0.717) is 13.0 Å². The van der Waals surface area contributed by atoms with E-state index in [4.69, 9.17) is 0 Å². The maximum Gasteiger partial charge on any atom is 0.228 e. The van der Waals surface area contributed by atoms with Gasteiger partial charge in [0.25, 0.3) is 0 Å². The number of fused-ring (bicyclic) bond motifs is 1. The van der Waals surface area contributed by atoms with Crippen molar-refractivity contribution in [2.75, 3.05) is 38.6 Å². The topological polar surface area (TPSA) is 70.5 Å². The van der Waals surface area contributed by atoms with Crippen molar-refractivity contribution in [1.82, 2.24) is 20.0 Å². The first-order chi connectivity index (χ1) is 13.5. The van der Waals surface area contributed by atoms with Crippen LogP contribution >= 0.6 is 0 Å². The van der Waals surface area contributed by atoms with Gasteiger partial charge in [-0.15, -0.1) is 0 Å². The number of amides is 2. The van der Waals surface area contributed by atoms with Crippen molar-refractivity contribution in [2.24, 2.45) is 7.05 Å². The summed E-state index contributed by atoms with van der Waals surface area (Å²) in [6.45, 7) is 7.14. The third-order valence-corrected chi connectivity index (χ3v) is 4.57. The number of benzene rings is 1. The summed E-state index contributed by atoms with van der Waals surface area (Å²) in [5.74, 6) is 0.541. The second-order valence-corrected chi connectivity index (χ2v) is 6.69. The first-order valence-corrected chi connectivity index (χ1v) is 10.1. The van der Waals surface area contributed by atoms with Crippen molar-refractivity contribution in [3.05, 3.63) is 24.3 Å². The zero-order chi connectivity index (χ0) is 20.9. The van der Waals surface area contributed by atoms with E-state index in [1.165, 1.54) is 32.4 Å². The average Bonchev–Trinajstić information content (AvgIpc) is 3.06. The molecule has 7 heteroatoms. The van der Waals surface area contributed by atoms with E-state index in [1.54, 1.807) is 0 Å². The predicted molar refractivity (Wildman–Crippen MR) is 116 cm³/mol. The van der Waals surface area contributed by atoms with Gasteiger partial charge in [-0.05, 0) is 45.1 Å². The lowest BCUT2D eigenvalue weighted by atomic mass is 10.1. The second-order valence-electron chi connectivity index (χ2n) is 6.69. The molecule has 7 nitrogen and oxygen atoms in total. The van der Waals surface area contributed by atoms with Crippen LogP contribution in [0.1, 0.15) is 39.5 Å². The Morgan fingerprint density at radius 3 is 2.39 bits per heavy atom. The van der Waals surface area contributed by atoms with Crippen molar-refractivity contribution >= 4 is 29.0 Å². The molecule has 0 bridgehead atoms. The Labute approximate surface area is 168 Å². The third kappa shape index (κ3) is 7.31. The molecular weight excluding hydrogens is 354 g/mol. The van der Waals surface area contributed by atoms with E-state index in [2.05, 4.69) is 22.4 Å². The number of anilines is 1. The number of carbonyl (C=O) groups is 2. The number of carbonyl (C=O) groups excluding carboxylic acids is 2. The molecule has 0 atom stereocenters. The zero-order valence-electron chi connectivity index (χ0n) is 17.9. The molecule has 0 radical (unpaired) electrons. The number of para-hydroxylation sites is 1. The van der Waals surface area contributed by atoms with Gasteiger partial charge in [0.15, 0.2) is 5.82 Å². The summed E-state index contributed by atoms with van der Waals surface area (Å²) in [5.41, 5.74) is 1.04. The van der Waals surface area contributed by atoms with Crippen molar-refractivity contribution < 1.29 is 9.59 Å². The molecule has 28 heavy (non-hydrogen) atoms. The highest BCUT2D eigenvalue weighted by atomic mass is 16.2. The normalized spacial score (nSPS) is 13.6. The maximum absolute atomic E-state index is 11.3. The maximum atomic E-state index is 11.3. The van der Waals surface area contributed by atoms with Crippen LogP contribution in [-0.4, -0.2) is 60.7 Å². The SMILES string of the molecule is CC.CN(CCC(=O)NC=O)c1nn(C)c2ccccc12.CN1CCCCC1. The van der Waals surface area contributed by atoms with Gasteiger partial charge in [0.1, 0.15) is 0 Å². The minimum absolute atomic E-state index is 0.250. The molecule has 2 heterocycles. The van der Waals surface area contributed by atoms with Crippen molar-refractivity contribution in [3.8, 4) is 0 Å². The number of piperidine rings is 1. The lowest BCUT2D eigenvalue weighted by Gasteiger charge is -2.20. The largest absolute Gasteiger partial charge is 0.357 e. The molecular formula is C21H35N5O2. The van der Waals surface area contributed by atoms with Gasteiger partial charge < -0.3 is 9.80 Å². The van der Waals surface area contributed by atoms with Crippen molar-refractivity contribution in [3.63, 3.8) is 0 Å². The molecule has 0 unspecified atom stereocenters. The molecule has 1 aromatic carbocycles. The Kier molecular flexibility index (Phi) is 10.9. The van der Waals surface area contributed by atoms with Crippen LogP contribution in [0.4, 0.5) is 5.82 Å². The lowest BCUT2D eigenvalue weighted by Crippen LogP contribution is -2.28. The number of aromatic nitrogens is 2. The highest BCUT2D eigenvalue weighted by Crippen LogP contribution is 2.24. The molecule has 0 spiro atoms. The molecule has 2 aromatic rings. The summed E-state index contributed by atoms with van der Waals surface area (Å²) in [4.78, 5) is 25.7. The van der Waals surface area contributed by atoms with E-state index in [9.17, 15) is 9.59 Å². The standard InChI is InChI=1S/C13H16N4O2.C6H13N.C2H6/c1-16(8-7-12(19)14-9-18)13-10-5-3-4-6-11(10)17(2)15-13;1-7-5-3-2-4-6-7;1-2/h3-6,9H,7-8H2,1-2H3,(H,14,18,19);2-6H2,1H3;1-2H3. The summed E-state index contributed by atoms with van der Waals surface area (Å²) < 4.78 is 1.81. The molecule has 0 aliphatic carbocycles. The highest BCUT2D eigenvalue weighted by molar-refractivity contribution is 5.91. The third-order valence-electron chi connectivity index (χ3n) is 4.57. The molecule has 2 amide bonds. The van der Waals surface area contributed by atoms with Gasteiger partial charge in [-0.3, -0.25) is 19.6 Å². The van der Waals surface area contributed by atoms with Gasteiger partial charge in [0.2, 0.25) is 12.3 Å². The Morgan fingerprint density at radius 1 is 1.18 bits per heavy atom. The van der Waals surface area contributed by atoms with Crippen LogP contribution in [0, 0.1) is 0 Å². The van der Waals surface area contributed by atoms with Crippen LogP contribution in [-0.2, 0) is 16.6 Å². The zero-order valence-corrected chi connectivity index (χ0v) is 17.9. The van der Waals surface area contributed by atoms with Gasteiger partial charge in [0, 0.05) is 32.4 Å². The first kappa shape index (κ1) is 23.6. The fourth-order valence-corrected chi connectivity index (χ4v) is 3.04. The van der Waals surface area contributed by atoms with E-state index < -0.39 is 0 Å². The van der Waals surface area contributed by atoms with Crippen LogP contribution in [0.5, 0.6) is 0 Å². The Morgan fingerprint density at radius 2 is 1.82 bits per heavy atom. The van der Waals surface area contributed by atoms with Crippen molar-refractivity contribution in [1.29, 1.82) is 0 Å². The fourth-order valence-electron chi connectivity index (χ4n) is 3.04. The molecule has 1 saturated heterocycles. The van der Waals surface area contributed by atoms with Gasteiger partial charge >= 0.3 is 0 Å². The molecule has 1 N–H and O–H groups in total. The monoisotopic (exact) mass is 389 g/mol.